The van der Waals surface area contributed by atoms with Crippen LogP contribution in [0.1, 0.15) is 18.2 Å². The van der Waals surface area contributed by atoms with Crippen LogP contribution in [0.3, 0.4) is 0 Å². The average Bonchev–Trinajstić information content (AvgIpc) is 3.42. The highest BCUT2D eigenvalue weighted by atomic mass is 32.2. The van der Waals surface area contributed by atoms with Crippen LogP contribution in [0, 0.1) is 6.92 Å². The fraction of sp³-hybridized carbons (Fsp3) is 0.158. The van der Waals surface area contributed by atoms with E-state index in [-0.39, 0.29) is 4.90 Å². The minimum atomic E-state index is -3.74. The number of hydrogen-bond acceptors (Lipinski definition) is 6. The van der Waals surface area contributed by atoms with E-state index in [0.717, 1.165) is 12.0 Å². The molecule has 0 fully saturated rings. The highest BCUT2D eigenvalue weighted by molar-refractivity contribution is 7.92. The molecule has 9 heteroatoms. The molecule has 0 aliphatic carbocycles. The lowest BCUT2D eigenvalue weighted by Crippen LogP contribution is -2.16. The first-order chi connectivity index (χ1) is 13.5. The van der Waals surface area contributed by atoms with Crippen molar-refractivity contribution in [1.82, 2.24) is 14.8 Å². The lowest BCUT2D eigenvalue weighted by Gasteiger charge is -2.09. The van der Waals surface area contributed by atoms with Gasteiger partial charge >= 0.3 is 0 Å². The number of nitrogens with one attached hydrogen (secondary N) is 1. The Bertz CT molecular complexity index is 1190. The summed E-state index contributed by atoms with van der Waals surface area (Å²) in [4.78, 5) is 4.71. The molecule has 0 radical (unpaired) electrons. The Morgan fingerprint density at radius 2 is 2.00 bits per heavy atom. The van der Waals surface area contributed by atoms with Crippen molar-refractivity contribution in [3.8, 4) is 16.6 Å². The zero-order valence-electron chi connectivity index (χ0n) is 15.3. The Hall–Kier alpha value is -2.91. The highest BCUT2D eigenvalue weighted by Crippen LogP contribution is 2.27. The minimum absolute atomic E-state index is 0.200. The highest BCUT2D eigenvalue weighted by Gasteiger charge is 2.20. The number of furan rings is 1. The van der Waals surface area contributed by atoms with Gasteiger partial charge in [-0.1, -0.05) is 19.1 Å². The van der Waals surface area contributed by atoms with E-state index in [4.69, 9.17) is 4.42 Å². The van der Waals surface area contributed by atoms with Gasteiger partial charge in [-0.15, -0.1) is 11.3 Å². The first-order valence-corrected chi connectivity index (χ1v) is 11.0. The molecule has 0 bridgehead atoms. The monoisotopic (exact) mass is 414 g/mol. The quantitative estimate of drug-likeness (QED) is 0.509. The van der Waals surface area contributed by atoms with Crippen LogP contribution in [0.15, 0.2) is 63.4 Å². The summed E-state index contributed by atoms with van der Waals surface area (Å²) in [6, 6.07) is 12.1. The normalized spacial score (nSPS) is 11.6. The Morgan fingerprint density at radius 3 is 2.68 bits per heavy atom. The summed E-state index contributed by atoms with van der Waals surface area (Å²) in [6.07, 6.45) is 2.43. The van der Waals surface area contributed by atoms with Gasteiger partial charge in [0.25, 0.3) is 10.0 Å². The molecule has 0 aliphatic rings. The lowest BCUT2D eigenvalue weighted by molar-refractivity contribution is 0.580. The number of benzene rings is 1. The molecule has 0 spiro atoms. The van der Waals surface area contributed by atoms with E-state index in [0.29, 0.717) is 28.1 Å². The molecular weight excluding hydrogens is 396 g/mol. The summed E-state index contributed by atoms with van der Waals surface area (Å²) in [5, 5.41) is 6.77. The standard InChI is InChI=1S/C19H18N4O3S2/c1-3-14-6-8-15(9-7-14)28(24,25)22-18-11-13(2)21-23(18)19-20-16(12-27-19)17-5-4-10-26-17/h4-12,22H,3H2,1-2H3. The molecule has 144 valence electrons. The van der Waals surface area contributed by atoms with Crippen molar-refractivity contribution in [2.45, 2.75) is 25.2 Å². The Morgan fingerprint density at radius 1 is 1.21 bits per heavy atom. The summed E-state index contributed by atoms with van der Waals surface area (Å²) in [7, 11) is -3.74. The molecule has 0 amide bonds. The summed E-state index contributed by atoms with van der Waals surface area (Å²) < 4.78 is 35.1. The summed E-state index contributed by atoms with van der Waals surface area (Å²) in [5.41, 5.74) is 2.42. The topological polar surface area (TPSA) is 90.0 Å². The van der Waals surface area contributed by atoms with Crippen molar-refractivity contribution in [2.75, 3.05) is 4.72 Å². The minimum Gasteiger partial charge on any atom is -0.463 e. The SMILES string of the molecule is CCc1ccc(S(=O)(=O)Nc2cc(C)nn2-c2nc(-c3ccco3)cs2)cc1. The molecule has 0 saturated carbocycles. The molecule has 3 heterocycles. The molecule has 0 aliphatic heterocycles. The van der Waals surface area contributed by atoms with Gasteiger partial charge in [0.05, 0.1) is 16.9 Å². The van der Waals surface area contributed by atoms with E-state index >= 15 is 0 Å². The molecule has 0 atom stereocenters. The Balaban J connectivity index is 1.66. The maximum absolute atomic E-state index is 12.8. The van der Waals surface area contributed by atoms with E-state index in [2.05, 4.69) is 14.8 Å². The first kappa shape index (κ1) is 18.5. The van der Waals surface area contributed by atoms with Crippen molar-refractivity contribution in [3.05, 3.63) is 65.4 Å². The second kappa shape index (κ2) is 7.25. The second-order valence-electron chi connectivity index (χ2n) is 6.18. The summed E-state index contributed by atoms with van der Waals surface area (Å²) in [5.74, 6) is 0.974. The number of rotatable bonds is 6. The van der Waals surface area contributed by atoms with Gasteiger partial charge in [0, 0.05) is 11.4 Å². The zero-order chi connectivity index (χ0) is 19.7. The van der Waals surface area contributed by atoms with Gasteiger partial charge < -0.3 is 4.42 Å². The predicted octanol–water partition coefficient (Wildman–Crippen LogP) is 4.26. The van der Waals surface area contributed by atoms with Crippen LogP contribution < -0.4 is 4.72 Å². The molecule has 0 saturated heterocycles. The van der Waals surface area contributed by atoms with E-state index in [1.807, 2.05) is 30.5 Å². The molecule has 28 heavy (non-hydrogen) atoms. The summed E-state index contributed by atoms with van der Waals surface area (Å²) >= 11 is 1.35. The third-order valence-corrected chi connectivity index (χ3v) is 6.35. The van der Waals surface area contributed by atoms with Gasteiger partial charge in [0.15, 0.2) is 5.76 Å². The summed E-state index contributed by atoms with van der Waals surface area (Å²) in [6.45, 7) is 3.82. The van der Waals surface area contributed by atoms with E-state index < -0.39 is 10.0 Å². The number of nitrogens with zero attached hydrogens (tertiary/aromatic N) is 3. The molecular formula is C19H18N4O3S2. The number of thiazole rings is 1. The molecule has 7 nitrogen and oxygen atoms in total. The first-order valence-electron chi connectivity index (χ1n) is 8.64. The van der Waals surface area contributed by atoms with Crippen LogP contribution in [0.4, 0.5) is 5.82 Å². The second-order valence-corrected chi connectivity index (χ2v) is 8.70. The number of hydrogen-bond donors (Lipinski definition) is 1. The van der Waals surface area contributed by atoms with E-state index in [1.54, 1.807) is 37.5 Å². The van der Waals surface area contributed by atoms with Gasteiger partial charge in [0.1, 0.15) is 11.5 Å². The van der Waals surface area contributed by atoms with Crippen molar-refractivity contribution >= 4 is 27.2 Å². The molecule has 3 aromatic heterocycles. The maximum Gasteiger partial charge on any atom is 0.263 e. The molecule has 4 aromatic rings. The van der Waals surface area contributed by atoms with E-state index in [1.165, 1.54) is 16.0 Å². The van der Waals surface area contributed by atoms with Crippen LogP contribution in [0.25, 0.3) is 16.6 Å². The largest absolute Gasteiger partial charge is 0.463 e. The molecule has 4 rings (SSSR count). The number of anilines is 1. The van der Waals surface area contributed by atoms with Gasteiger partial charge in [-0.25, -0.2) is 13.4 Å². The third-order valence-electron chi connectivity index (χ3n) is 4.16. The molecule has 1 N–H and O–H groups in total. The van der Waals surface area contributed by atoms with Gasteiger partial charge in [0.2, 0.25) is 5.13 Å². The predicted molar refractivity (Wildman–Crippen MR) is 108 cm³/mol. The van der Waals surface area contributed by atoms with Crippen LogP contribution in [0.2, 0.25) is 0 Å². The van der Waals surface area contributed by atoms with Crippen molar-refractivity contribution in [1.29, 1.82) is 0 Å². The van der Waals surface area contributed by atoms with Crippen LogP contribution in [-0.2, 0) is 16.4 Å². The number of sulfonamides is 1. The van der Waals surface area contributed by atoms with Crippen molar-refractivity contribution in [2.24, 2.45) is 0 Å². The zero-order valence-corrected chi connectivity index (χ0v) is 16.9. The Kier molecular flexibility index (Phi) is 4.78. The van der Waals surface area contributed by atoms with Gasteiger partial charge in [-0.05, 0) is 43.2 Å². The lowest BCUT2D eigenvalue weighted by atomic mass is 10.2. The van der Waals surface area contributed by atoms with Crippen LogP contribution in [-0.4, -0.2) is 23.2 Å². The van der Waals surface area contributed by atoms with Crippen LogP contribution >= 0.6 is 11.3 Å². The fourth-order valence-electron chi connectivity index (χ4n) is 2.72. The Labute approximate surface area is 166 Å². The van der Waals surface area contributed by atoms with E-state index in [9.17, 15) is 8.42 Å². The maximum atomic E-state index is 12.8. The van der Waals surface area contributed by atoms with Crippen molar-refractivity contribution in [3.63, 3.8) is 0 Å². The molecule has 1 aromatic carbocycles. The average molecular weight is 415 g/mol. The van der Waals surface area contributed by atoms with Crippen LogP contribution in [0.5, 0.6) is 0 Å². The number of aryl methyl sites for hydroxylation is 2. The van der Waals surface area contributed by atoms with Crippen molar-refractivity contribution < 1.29 is 12.8 Å². The number of aromatic nitrogens is 3. The van der Waals surface area contributed by atoms with Gasteiger partial charge in [-0.2, -0.15) is 9.78 Å². The third kappa shape index (κ3) is 3.58. The smallest absolute Gasteiger partial charge is 0.263 e. The fourth-order valence-corrected chi connectivity index (χ4v) is 4.53. The van der Waals surface area contributed by atoms with Gasteiger partial charge in [-0.3, -0.25) is 4.72 Å². The molecule has 0 unspecified atom stereocenters.